The van der Waals surface area contributed by atoms with E-state index in [2.05, 4.69) is 127 Å². The van der Waals surface area contributed by atoms with Crippen molar-refractivity contribution in [2.75, 3.05) is 119 Å². The lowest BCUT2D eigenvalue weighted by Crippen LogP contribution is -2.25. The molecule has 29 nitrogen and oxygen atoms in total. The highest BCUT2D eigenvalue weighted by Gasteiger charge is 2.21. The molecule has 8 heterocycles. The van der Waals surface area contributed by atoms with Crippen LogP contribution in [0.1, 0.15) is 73.6 Å². The highest BCUT2D eigenvalue weighted by Crippen LogP contribution is 2.43. The molecule has 564 valence electrons. The van der Waals surface area contributed by atoms with Gasteiger partial charge in [0.05, 0.1) is 14.2 Å². The second kappa shape index (κ2) is 43.5. The van der Waals surface area contributed by atoms with Gasteiger partial charge in [0.15, 0.2) is 0 Å². The number of rotatable bonds is 24. The van der Waals surface area contributed by atoms with Crippen LogP contribution in [0.25, 0.3) is 41.1 Å². The lowest BCUT2D eigenvalue weighted by atomic mass is 9.99. The van der Waals surface area contributed by atoms with Crippen LogP contribution in [0.2, 0.25) is 0 Å². The molecule has 4 aliphatic rings. The molecule has 4 aliphatic heterocycles. The van der Waals surface area contributed by atoms with E-state index in [1.165, 1.54) is 167 Å². The van der Waals surface area contributed by atoms with Crippen LogP contribution in [-0.4, -0.2) is 243 Å². The summed E-state index contributed by atoms with van der Waals surface area (Å²) in [6.07, 6.45) is 16.0. The number of nitrogens with zero attached hydrogens (tertiary/aromatic N) is 6. The summed E-state index contributed by atoms with van der Waals surface area (Å²) in [6, 6.07) is 38.2. The Balaban J connectivity index is 0.000000249. The van der Waals surface area contributed by atoms with Gasteiger partial charge in [0.1, 0.15) is 49.4 Å². The number of aromatic nitrogens is 2. The molecule has 4 fully saturated rings. The van der Waals surface area contributed by atoms with Crippen LogP contribution in [0, 0.1) is 0 Å². The summed E-state index contributed by atoms with van der Waals surface area (Å²) in [5, 5.41) is 61.7. The van der Waals surface area contributed by atoms with E-state index in [4.69, 9.17) is 108 Å². The van der Waals surface area contributed by atoms with Gasteiger partial charge in [-0.2, -0.15) is 0 Å². The van der Waals surface area contributed by atoms with E-state index in [0.717, 1.165) is 75.2 Å². The molecule has 0 aliphatic carbocycles. The molecule has 0 amide bonds. The molecule has 4 aromatic heterocycles. The molecule has 0 saturated carbocycles. The van der Waals surface area contributed by atoms with Crippen molar-refractivity contribution in [2.45, 2.75) is 64.2 Å². The van der Waals surface area contributed by atoms with Crippen LogP contribution < -0.4 is 28.4 Å². The summed E-state index contributed by atoms with van der Waals surface area (Å²) in [6.45, 7) is 16.3. The normalized spacial score (nSPS) is 14.0. The smallest absolute Gasteiger partial charge is 0.414 e. The van der Waals surface area contributed by atoms with Crippen molar-refractivity contribution in [3.8, 4) is 55.6 Å². The van der Waals surface area contributed by atoms with Gasteiger partial charge < -0.3 is 74.7 Å². The molecule has 4 saturated heterocycles. The van der Waals surface area contributed by atoms with Crippen molar-refractivity contribution < 1.29 is 113 Å². The topological polar surface area (TPSA) is 424 Å². The van der Waals surface area contributed by atoms with Gasteiger partial charge in [-0.15, -0.1) is 22.7 Å². The first-order valence-electron chi connectivity index (χ1n) is 33.6. The van der Waals surface area contributed by atoms with Crippen molar-refractivity contribution in [1.82, 2.24) is 29.6 Å². The Kier molecular flexibility index (Phi) is 34.6. The van der Waals surface area contributed by atoms with Gasteiger partial charge in [0, 0.05) is 82.7 Å². The maximum absolute atomic E-state index is 9.10. The monoisotopic (exact) mass is 1490 g/mol. The maximum atomic E-state index is 9.10. The number of carboxylic acid groups (broad SMARTS) is 8. The number of aliphatic carboxylic acids is 8. The number of hydrogen-bond acceptors (Lipinski definition) is 22. The molecule has 31 heteroatoms. The molecule has 4 aromatic carbocycles. The Bertz CT molecular complexity index is 3740. The Morgan fingerprint density at radius 1 is 0.362 bits per heavy atom. The Morgan fingerprint density at radius 3 is 0.876 bits per heavy atom. The third kappa shape index (κ3) is 27.9. The van der Waals surface area contributed by atoms with E-state index >= 15 is 0 Å². The molecule has 0 spiro atoms. The van der Waals surface area contributed by atoms with Crippen LogP contribution >= 0.6 is 22.7 Å². The van der Waals surface area contributed by atoms with E-state index in [1.54, 1.807) is 14.2 Å². The van der Waals surface area contributed by atoms with Gasteiger partial charge in [-0.3, -0.25) is 19.6 Å². The maximum Gasteiger partial charge on any atom is 0.414 e. The quantitative estimate of drug-likeness (QED) is 0.0262. The van der Waals surface area contributed by atoms with Crippen LogP contribution in [0.4, 0.5) is 0 Å². The van der Waals surface area contributed by atoms with E-state index in [1.807, 2.05) is 47.2 Å². The predicted molar refractivity (Wildman–Crippen MR) is 391 cm³/mol. The van der Waals surface area contributed by atoms with Crippen molar-refractivity contribution in [3.05, 3.63) is 144 Å². The number of pyridine rings is 2. The minimum atomic E-state index is -1.82. The van der Waals surface area contributed by atoms with E-state index in [-0.39, 0.29) is 5.48 Å². The number of likely N-dealkylation sites (tertiary alicyclic amines) is 4. The van der Waals surface area contributed by atoms with Crippen LogP contribution in [0.15, 0.2) is 122 Å². The first-order valence-corrected chi connectivity index (χ1v) is 35.3. The highest BCUT2D eigenvalue weighted by atomic mass is 32.1. The average Bonchev–Trinajstić information content (AvgIpc) is 1.64. The molecular weight excluding hydrogens is 1400 g/mol. The molecule has 0 bridgehead atoms. The first-order chi connectivity index (χ1) is 50.1. The molecule has 0 atom stereocenters. The van der Waals surface area contributed by atoms with Crippen LogP contribution in [-0.2, 0) is 51.2 Å². The van der Waals surface area contributed by atoms with E-state index < -0.39 is 47.8 Å². The predicted octanol–water partition coefficient (Wildman–Crippen LogP) is 8.82. The Labute approximate surface area is 613 Å². The first kappa shape index (κ1) is 83.4. The summed E-state index contributed by atoms with van der Waals surface area (Å²) < 4.78 is 37.5. The summed E-state index contributed by atoms with van der Waals surface area (Å²) in [5.41, 5.74) is 7.38. The molecule has 0 unspecified atom stereocenters. The van der Waals surface area contributed by atoms with E-state index in [9.17, 15) is 0 Å². The van der Waals surface area contributed by atoms with Crippen molar-refractivity contribution in [3.63, 3.8) is 0 Å². The molecule has 8 aromatic rings. The van der Waals surface area contributed by atoms with Gasteiger partial charge in [-0.1, -0.05) is 12.1 Å². The second-order valence-corrected chi connectivity index (χ2v) is 26.1. The minimum Gasteiger partial charge on any atom is -0.497 e. The molecule has 10 N–H and O–H groups in total. The van der Waals surface area contributed by atoms with Crippen molar-refractivity contribution >= 4 is 90.6 Å². The van der Waals surface area contributed by atoms with Gasteiger partial charge in [0.2, 0.25) is 11.8 Å². The molecule has 105 heavy (non-hydrogen) atoms. The zero-order chi connectivity index (χ0) is 74.9. The number of benzene rings is 4. The second-order valence-electron chi connectivity index (χ2n) is 24.0. The summed E-state index contributed by atoms with van der Waals surface area (Å²) in [7, 11) is 3.44. The fraction of sp³-hybridized carbons (Fsp3) is 0.378. The zero-order valence-electron chi connectivity index (χ0n) is 58.2. The molecule has 0 radical (unpaired) electrons. The van der Waals surface area contributed by atoms with Gasteiger partial charge >= 0.3 is 47.8 Å². The third-order valence-electron chi connectivity index (χ3n) is 16.8. The fourth-order valence-electron chi connectivity index (χ4n) is 11.5. The van der Waals surface area contributed by atoms with Crippen LogP contribution in [0.3, 0.4) is 0 Å². The Morgan fingerprint density at radius 2 is 0.629 bits per heavy atom. The summed E-state index contributed by atoms with van der Waals surface area (Å²) in [4.78, 5) is 94.5. The summed E-state index contributed by atoms with van der Waals surface area (Å²) >= 11 is 3.63. The number of fused-ring (bicyclic) bond motifs is 2. The number of thiophene rings is 2. The van der Waals surface area contributed by atoms with Crippen LogP contribution in [0.5, 0.6) is 34.8 Å². The largest absolute Gasteiger partial charge is 0.497 e. The highest BCUT2D eigenvalue weighted by molar-refractivity contribution is 7.23. The van der Waals surface area contributed by atoms with Gasteiger partial charge in [-0.05, 0) is 233 Å². The van der Waals surface area contributed by atoms with Gasteiger partial charge in [0.25, 0.3) is 0 Å². The fourth-order valence-corrected chi connectivity index (χ4v) is 14.0. The third-order valence-corrected chi connectivity index (χ3v) is 19.3. The zero-order valence-corrected chi connectivity index (χ0v) is 59.9. The molecular formula is C74H88N6O23S2. The average molecular weight is 1490 g/mol. The van der Waals surface area contributed by atoms with Gasteiger partial charge in [-0.25, -0.2) is 48.3 Å². The minimum absolute atomic E-state index is 0. The van der Waals surface area contributed by atoms with Crippen molar-refractivity contribution in [2.24, 2.45) is 0 Å². The number of carboxylic acids is 8. The Hall–Kier alpha value is -10.5. The number of methoxy groups -OCH3 is 2. The van der Waals surface area contributed by atoms with Crippen molar-refractivity contribution in [1.29, 1.82) is 0 Å². The molecule has 12 rings (SSSR count). The lowest BCUT2D eigenvalue weighted by molar-refractivity contribution is -0.159. The SMILES string of the molecule is COc1ccc2c(Cc3ccc(OCCN4CCCC4)nc3)c(-c3ccc(OCCN4CCCC4)cc3)sc2c1.COc1ccc2c(Cc3ccc(OCCN4CCCC4)nc3)c(-c3ccc(OCCN4CCCC4)cc3)sc2c1.O.O=C(O)C(=O)O.O=C(O)C(=O)O.O=C(O)C(=O)O.O=C(O)C(=O)O. The number of hydrogen-bond donors (Lipinski definition) is 8. The number of carbonyl (C=O) groups is 8. The van der Waals surface area contributed by atoms with E-state index in [0.29, 0.717) is 25.0 Å². The standard InChI is InChI=1S/2C33H39N3O3S.4C2H2O4.H2O/c2*1-37-28-11-12-29-30(22-25-6-13-32(34-24-25)39-21-19-36-16-4-5-17-36)33(40-31(29)23-28)26-7-9-27(10-8-26)38-20-18-35-14-2-3-15-35;4*3-1(4)2(5)6;/h2*6-13,23-24H,2-5,14-22H2,1H3;4*(H,3,4)(H,5,6);1H2. The lowest BCUT2D eigenvalue weighted by Gasteiger charge is -2.15. The number of ether oxygens (including phenoxy) is 6. The summed E-state index contributed by atoms with van der Waals surface area (Å²) in [5.74, 6) is -9.58.